The molecule has 3 nitrogen and oxygen atoms in total. The highest BCUT2D eigenvalue weighted by molar-refractivity contribution is 5.95. The van der Waals surface area contributed by atoms with E-state index in [1.165, 1.54) is 0 Å². The van der Waals surface area contributed by atoms with Crippen molar-refractivity contribution in [2.45, 2.75) is 25.9 Å². The molecule has 1 heterocycles. The fraction of sp³-hybridized carbons (Fsp3) is 0.500. The maximum absolute atomic E-state index is 12.3. The molecule has 0 N–H and O–H groups in total. The van der Waals surface area contributed by atoms with Gasteiger partial charge in [-0.05, 0) is 31.4 Å². The summed E-state index contributed by atoms with van der Waals surface area (Å²) in [7, 11) is 1.74. The van der Waals surface area contributed by atoms with Crippen molar-refractivity contribution in [2.24, 2.45) is 0 Å². The average molecular weight is 233 g/mol. The first-order valence-corrected chi connectivity index (χ1v) is 6.10. The number of hydrogen-bond acceptors (Lipinski definition) is 2. The quantitative estimate of drug-likeness (QED) is 0.784. The molecular weight excluding hydrogens is 214 g/mol. The molecule has 0 unspecified atom stereocenters. The third-order valence-corrected chi connectivity index (χ3v) is 3.44. The van der Waals surface area contributed by atoms with Gasteiger partial charge in [0.05, 0.1) is 6.10 Å². The maximum Gasteiger partial charge on any atom is 0.254 e. The van der Waals surface area contributed by atoms with Crippen LogP contribution in [-0.4, -0.2) is 37.1 Å². The van der Waals surface area contributed by atoms with Crippen LogP contribution < -0.4 is 0 Å². The second kappa shape index (κ2) is 5.32. The second-order valence-electron chi connectivity index (χ2n) is 4.54. The van der Waals surface area contributed by atoms with Crippen molar-refractivity contribution in [1.29, 1.82) is 0 Å². The number of carbonyl (C=O) groups is 1. The van der Waals surface area contributed by atoms with Crippen molar-refractivity contribution in [1.82, 2.24) is 4.90 Å². The SMILES string of the molecule is COC1CCN(C(=O)c2ccccc2C)CC1. The van der Waals surface area contributed by atoms with Crippen molar-refractivity contribution in [3.05, 3.63) is 35.4 Å². The van der Waals surface area contributed by atoms with E-state index in [2.05, 4.69) is 0 Å². The van der Waals surface area contributed by atoms with Crippen LogP contribution in [0.15, 0.2) is 24.3 Å². The van der Waals surface area contributed by atoms with Crippen LogP contribution in [0.25, 0.3) is 0 Å². The molecular formula is C14H19NO2. The Labute approximate surface area is 102 Å². The van der Waals surface area contributed by atoms with Gasteiger partial charge >= 0.3 is 0 Å². The van der Waals surface area contributed by atoms with E-state index in [-0.39, 0.29) is 5.91 Å². The first-order valence-electron chi connectivity index (χ1n) is 6.10. The van der Waals surface area contributed by atoms with Crippen LogP contribution >= 0.6 is 0 Å². The van der Waals surface area contributed by atoms with Crippen LogP contribution in [0.1, 0.15) is 28.8 Å². The van der Waals surface area contributed by atoms with Gasteiger partial charge in [0.2, 0.25) is 0 Å². The lowest BCUT2D eigenvalue weighted by molar-refractivity contribution is 0.0350. The molecule has 92 valence electrons. The molecule has 0 aromatic heterocycles. The highest BCUT2D eigenvalue weighted by atomic mass is 16.5. The fourth-order valence-corrected chi connectivity index (χ4v) is 2.28. The number of carbonyl (C=O) groups excluding carboxylic acids is 1. The lowest BCUT2D eigenvalue weighted by Crippen LogP contribution is -2.40. The number of nitrogens with zero attached hydrogens (tertiary/aromatic N) is 1. The van der Waals surface area contributed by atoms with Gasteiger partial charge in [-0.3, -0.25) is 4.79 Å². The molecule has 1 aliphatic heterocycles. The van der Waals surface area contributed by atoms with Crippen LogP contribution in [0.5, 0.6) is 0 Å². The van der Waals surface area contributed by atoms with Gasteiger partial charge in [-0.15, -0.1) is 0 Å². The topological polar surface area (TPSA) is 29.5 Å². The van der Waals surface area contributed by atoms with Crippen molar-refractivity contribution in [3.8, 4) is 0 Å². The summed E-state index contributed by atoms with van der Waals surface area (Å²) in [5, 5.41) is 0. The van der Waals surface area contributed by atoms with Crippen molar-refractivity contribution >= 4 is 5.91 Å². The van der Waals surface area contributed by atoms with Gasteiger partial charge < -0.3 is 9.64 Å². The number of ether oxygens (including phenoxy) is 1. The number of benzene rings is 1. The predicted octanol–water partition coefficient (Wildman–Crippen LogP) is 2.25. The Morgan fingerprint density at radius 2 is 1.94 bits per heavy atom. The lowest BCUT2D eigenvalue weighted by atomic mass is 10.0. The third-order valence-electron chi connectivity index (χ3n) is 3.44. The van der Waals surface area contributed by atoms with Gasteiger partial charge in [-0.2, -0.15) is 0 Å². The van der Waals surface area contributed by atoms with Gasteiger partial charge in [0.15, 0.2) is 0 Å². The zero-order chi connectivity index (χ0) is 12.3. The maximum atomic E-state index is 12.3. The molecule has 1 saturated heterocycles. The summed E-state index contributed by atoms with van der Waals surface area (Å²) in [6.07, 6.45) is 2.19. The molecule has 1 aromatic carbocycles. The summed E-state index contributed by atoms with van der Waals surface area (Å²) in [5.74, 6) is 0.151. The van der Waals surface area contributed by atoms with Crippen molar-refractivity contribution in [3.63, 3.8) is 0 Å². The molecule has 17 heavy (non-hydrogen) atoms. The first kappa shape index (κ1) is 12.1. The molecule has 1 aromatic rings. The van der Waals surface area contributed by atoms with E-state index in [4.69, 9.17) is 4.74 Å². The zero-order valence-electron chi connectivity index (χ0n) is 10.5. The van der Waals surface area contributed by atoms with Crippen LogP contribution in [0.2, 0.25) is 0 Å². The number of amides is 1. The average Bonchev–Trinajstić information content (AvgIpc) is 2.39. The second-order valence-corrected chi connectivity index (χ2v) is 4.54. The van der Waals surface area contributed by atoms with Crippen LogP contribution in [0.4, 0.5) is 0 Å². The van der Waals surface area contributed by atoms with E-state index < -0.39 is 0 Å². The molecule has 3 heteroatoms. The predicted molar refractivity (Wildman–Crippen MR) is 67.1 cm³/mol. The van der Waals surface area contributed by atoms with E-state index in [0.29, 0.717) is 6.10 Å². The number of piperidine rings is 1. The smallest absolute Gasteiger partial charge is 0.254 e. The molecule has 0 spiro atoms. The minimum Gasteiger partial charge on any atom is -0.381 e. The summed E-state index contributed by atoms with van der Waals surface area (Å²) in [5.41, 5.74) is 1.87. The molecule has 1 amide bonds. The van der Waals surface area contributed by atoms with Crippen LogP contribution in [0.3, 0.4) is 0 Å². The fourth-order valence-electron chi connectivity index (χ4n) is 2.28. The Morgan fingerprint density at radius 1 is 1.29 bits per heavy atom. The normalized spacial score (nSPS) is 17.2. The minimum atomic E-state index is 0.151. The zero-order valence-corrected chi connectivity index (χ0v) is 10.5. The Balaban J connectivity index is 2.04. The number of aryl methyl sites for hydroxylation is 1. The van der Waals surface area contributed by atoms with E-state index in [9.17, 15) is 4.79 Å². The molecule has 0 radical (unpaired) electrons. The summed E-state index contributed by atoms with van der Waals surface area (Å²) in [6, 6.07) is 7.76. The summed E-state index contributed by atoms with van der Waals surface area (Å²) >= 11 is 0. The van der Waals surface area contributed by atoms with Crippen LogP contribution in [-0.2, 0) is 4.74 Å². The summed E-state index contributed by atoms with van der Waals surface area (Å²) < 4.78 is 5.31. The number of hydrogen-bond donors (Lipinski definition) is 0. The van der Waals surface area contributed by atoms with E-state index >= 15 is 0 Å². The molecule has 1 aliphatic rings. The Hall–Kier alpha value is -1.35. The van der Waals surface area contributed by atoms with E-state index in [1.54, 1.807) is 7.11 Å². The van der Waals surface area contributed by atoms with E-state index in [0.717, 1.165) is 37.1 Å². The van der Waals surface area contributed by atoms with Gasteiger partial charge in [-0.25, -0.2) is 0 Å². The Kier molecular flexibility index (Phi) is 3.79. The standard InChI is InChI=1S/C14H19NO2/c1-11-5-3-4-6-13(11)14(16)15-9-7-12(17-2)8-10-15/h3-6,12H,7-10H2,1-2H3. The molecule has 0 aliphatic carbocycles. The Morgan fingerprint density at radius 3 is 2.53 bits per heavy atom. The number of likely N-dealkylation sites (tertiary alicyclic amines) is 1. The molecule has 0 saturated carbocycles. The van der Waals surface area contributed by atoms with Gasteiger partial charge in [0, 0.05) is 25.8 Å². The largest absolute Gasteiger partial charge is 0.381 e. The summed E-state index contributed by atoms with van der Waals surface area (Å²) in [6.45, 7) is 3.58. The summed E-state index contributed by atoms with van der Waals surface area (Å²) in [4.78, 5) is 14.2. The molecule has 0 bridgehead atoms. The number of methoxy groups -OCH3 is 1. The van der Waals surface area contributed by atoms with E-state index in [1.807, 2.05) is 36.1 Å². The third kappa shape index (κ3) is 2.67. The van der Waals surface area contributed by atoms with Gasteiger partial charge in [0.1, 0.15) is 0 Å². The molecule has 2 rings (SSSR count). The van der Waals surface area contributed by atoms with Crippen molar-refractivity contribution < 1.29 is 9.53 Å². The highest BCUT2D eigenvalue weighted by Crippen LogP contribution is 2.17. The van der Waals surface area contributed by atoms with Crippen molar-refractivity contribution in [2.75, 3.05) is 20.2 Å². The van der Waals surface area contributed by atoms with Gasteiger partial charge in [0.25, 0.3) is 5.91 Å². The van der Waals surface area contributed by atoms with Crippen LogP contribution in [0, 0.1) is 6.92 Å². The monoisotopic (exact) mass is 233 g/mol. The Bertz CT molecular complexity index is 395. The highest BCUT2D eigenvalue weighted by Gasteiger charge is 2.23. The first-order chi connectivity index (χ1) is 8.22. The number of rotatable bonds is 2. The molecule has 1 fully saturated rings. The minimum absolute atomic E-state index is 0.151. The molecule has 0 atom stereocenters. The lowest BCUT2D eigenvalue weighted by Gasteiger charge is -2.31. The van der Waals surface area contributed by atoms with Gasteiger partial charge in [-0.1, -0.05) is 18.2 Å².